The molecule has 1 aromatic heterocycles. The molecule has 0 aliphatic heterocycles. The van der Waals surface area contributed by atoms with Crippen LogP contribution in [0.15, 0.2) is 97.1 Å². The first-order valence-corrected chi connectivity index (χ1v) is 9.24. The second kappa shape index (κ2) is 6.37. The van der Waals surface area contributed by atoms with Gasteiger partial charge in [0.05, 0.1) is 11.4 Å². The molecule has 0 saturated heterocycles. The zero-order valence-corrected chi connectivity index (χ0v) is 15.2. The number of nitrogens with zero attached hydrogens (tertiary/aromatic N) is 1. The molecule has 128 valence electrons. The summed E-state index contributed by atoms with van der Waals surface area (Å²) in [6.45, 7) is 2.15. The Labute approximate surface area is 158 Å². The van der Waals surface area contributed by atoms with Gasteiger partial charge >= 0.3 is 0 Å². The summed E-state index contributed by atoms with van der Waals surface area (Å²) < 4.78 is 0. The number of aromatic nitrogens is 1. The highest BCUT2D eigenvalue weighted by Crippen LogP contribution is 2.33. The summed E-state index contributed by atoms with van der Waals surface area (Å²) in [7, 11) is 0. The minimum atomic E-state index is 1.01. The molecule has 5 rings (SSSR count). The molecule has 0 N–H and O–H groups in total. The first-order chi connectivity index (χ1) is 13.3. The van der Waals surface area contributed by atoms with Crippen LogP contribution in [0.5, 0.6) is 0 Å². The van der Waals surface area contributed by atoms with Gasteiger partial charge in [-0.3, -0.25) is 0 Å². The van der Waals surface area contributed by atoms with E-state index in [0.717, 1.165) is 17.0 Å². The van der Waals surface area contributed by atoms with Crippen LogP contribution in [0.25, 0.3) is 44.1 Å². The Kier molecular flexibility index (Phi) is 3.72. The van der Waals surface area contributed by atoms with Crippen molar-refractivity contribution in [2.24, 2.45) is 0 Å². The van der Waals surface area contributed by atoms with Crippen molar-refractivity contribution >= 4 is 21.5 Å². The molecule has 0 saturated carbocycles. The van der Waals surface area contributed by atoms with Gasteiger partial charge < -0.3 is 0 Å². The van der Waals surface area contributed by atoms with Crippen molar-refractivity contribution in [1.82, 2.24) is 4.98 Å². The van der Waals surface area contributed by atoms with Crippen LogP contribution >= 0.6 is 0 Å². The number of aryl methyl sites for hydroxylation is 1. The molecule has 1 heteroatoms. The number of pyridine rings is 1. The van der Waals surface area contributed by atoms with Gasteiger partial charge in [0.2, 0.25) is 0 Å². The van der Waals surface area contributed by atoms with Gasteiger partial charge in [-0.1, -0.05) is 84.9 Å². The van der Waals surface area contributed by atoms with E-state index >= 15 is 0 Å². The largest absolute Gasteiger partial charge is 0.247 e. The van der Waals surface area contributed by atoms with Gasteiger partial charge in [0.1, 0.15) is 0 Å². The zero-order valence-electron chi connectivity index (χ0n) is 15.2. The molecule has 0 aliphatic rings. The van der Waals surface area contributed by atoms with E-state index in [9.17, 15) is 0 Å². The van der Waals surface area contributed by atoms with Crippen LogP contribution in [0.1, 0.15) is 5.56 Å². The number of hydrogen-bond acceptors (Lipinski definition) is 1. The zero-order chi connectivity index (χ0) is 18.2. The summed E-state index contributed by atoms with van der Waals surface area (Å²) in [5, 5.41) is 4.90. The van der Waals surface area contributed by atoms with E-state index in [0.29, 0.717) is 0 Å². The molecule has 4 aromatic carbocycles. The van der Waals surface area contributed by atoms with Gasteiger partial charge in [-0.2, -0.15) is 0 Å². The van der Waals surface area contributed by atoms with Crippen LogP contribution in [0.4, 0.5) is 0 Å². The van der Waals surface area contributed by atoms with Crippen molar-refractivity contribution in [3.05, 3.63) is 103 Å². The first kappa shape index (κ1) is 15.8. The van der Waals surface area contributed by atoms with Crippen LogP contribution in [0, 0.1) is 6.92 Å². The SMILES string of the molecule is Cc1ccccc1-c1nc(-c2ccc3ccccc3c2)cc2ccccc12. The molecule has 0 amide bonds. The predicted molar refractivity (Wildman–Crippen MR) is 115 cm³/mol. The number of hydrogen-bond donors (Lipinski definition) is 0. The fraction of sp³-hybridized carbons (Fsp3) is 0.0385. The average Bonchev–Trinajstić information content (AvgIpc) is 2.73. The minimum Gasteiger partial charge on any atom is -0.247 e. The van der Waals surface area contributed by atoms with Crippen LogP contribution < -0.4 is 0 Å². The maximum Gasteiger partial charge on any atom is 0.0790 e. The molecule has 0 fully saturated rings. The van der Waals surface area contributed by atoms with E-state index in [1.807, 2.05) is 0 Å². The van der Waals surface area contributed by atoms with Crippen LogP contribution in [0.2, 0.25) is 0 Å². The molecule has 27 heavy (non-hydrogen) atoms. The van der Waals surface area contributed by atoms with Crippen molar-refractivity contribution in [1.29, 1.82) is 0 Å². The predicted octanol–water partition coefficient (Wildman–Crippen LogP) is 7.03. The lowest BCUT2D eigenvalue weighted by molar-refractivity contribution is 1.33. The molecular formula is C26H19N. The molecule has 0 atom stereocenters. The van der Waals surface area contributed by atoms with Gasteiger partial charge in [-0.05, 0) is 40.8 Å². The molecular weight excluding hydrogens is 326 g/mol. The summed E-state index contributed by atoms with van der Waals surface area (Å²) in [5.41, 5.74) is 5.64. The van der Waals surface area contributed by atoms with Gasteiger partial charge in [0.25, 0.3) is 0 Å². The Bertz CT molecular complexity index is 1280. The number of benzene rings is 4. The van der Waals surface area contributed by atoms with Crippen LogP contribution in [-0.4, -0.2) is 4.98 Å². The maximum absolute atomic E-state index is 5.11. The van der Waals surface area contributed by atoms with Crippen LogP contribution in [0.3, 0.4) is 0 Å². The smallest absolute Gasteiger partial charge is 0.0790 e. The normalized spacial score (nSPS) is 11.1. The second-order valence-electron chi connectivity index (χ2n) is 6.95. The lowest BCUT2D eigenvalue weighted by Crippen LogP contribution is -1.93. The standard InChI is InChI=1S/C26H19N/c1-18-8-2-6-12-23(18)26-24-13-7-5-11-21(24)17-25(27-26)22-15-14-19-9-3-4-10-20(19)16-22/h2-17H,1H3. The van der Waals surface area contributed by atoms with Crippen LogP contribution in [-0.2, 0) is 0 Å². The monoisotopic (exact) mass is 345 g/mol. The molecule has 0 radical (unpaired) electrons. The molecule has 0 spiro atoms. The van der Waals surface area contributed by atoms with Crippen molar-refractivity contribution in [2.45, 2.75) is 6.92 Å². The summed E-state index contributed by atoms with van der Waals surface area (Å²) in [6, 6.07) is 34.2. The highest BCUT2D eigenvalue weighted by molar-refractivity contribution is 5.98. The molecule has 1 nitrogen and oxygen atoms in total. The van der Waals surface area contributed by atoms with E-state index in [-0.39, 0.29) is 0 Å². The quantitative estimate of drug-likeness (QED) is 0.335. The lowest BCUT2D eigenvalue weighted by atomic mass is 9.97. The van der Waals surface area contributed by atoms with E-state index in [1.54, 1.807) is 0 Å². The number of rotatable bonds is 2. The highest BCUT2D eigenvalue weighted by atomic mass is 14.7. The third-order valence-corrected chi connectivity index (χ3v) is 5.19. The molecule has 5 aromatic rings. The Morgan fingerprint density at radius 1 is 0.593 bits per heavy atom. The Balaban J connectivity index is 1.79. The second-order valence-corrected chi connectivity index (χ2v) is 6.95. The topological polar surface area (TPSA) is 12.9 Å². The maximum atomic E-state index is 5.11. The minimum absolute atomic E-state index is 1.01. The molecule has 0 bridgehead atoms. The lowest BCUT2D eigenvalue weighted by Gasteiger charge is -2.12. The summed E-state index contributed by atoms with van der Waals surface area (Å²) >= 11 is 0. The van der Waals surface area contributed by atoms with Gasteiger partial charge in [-0.15, -0.1) is 0 Å². The highest BCUT2D eigenvalue weighted by Gasteiger charge is 2.11. The summed E-state index contributed by atoms with van der Waals surface area (Å²) in [4.78, 5) is 5.11. The van der Waals surface area contributed by atoms with Crippen molar-refractivity contribution in [2.75, 3.05) is 0 Å². The third kappa shape index (κ3) is 2.78. The third-order valence-electron chi connectivity index (χ3n) is 5.19. The Morgan fingerprint density at radius 2 is 1.30 bits per heavy atom. The fourth-order valence-corrected chi connectivity index (χ4v) is 3.74. The van der Waals surface area contributed by atoms with Gasteiger partial charge in [0.15, 0.2) is 0 Å². The number of fused-ring (bicyclic) bond motifs is 2. The Hall–Kier alpha value is -3.45. The summed E-state index contributed by atoms with van der Waals surface area (Å²) in [5.74, 6) is 0. The van der Waals surface area contributed by atoms with E-state index in [1.165, 1.54) is 32.7 Å². The molecule has 0 unspecified atom stereocenters. The molecule has 0 aliphatic carbocycles. The van der Waals surface area contributed by atoms with Crippen molar-refractivity contribution in [3.8, 4) is 22.5 Å². The van der Waals surface area contributed by atoms with Crippen molar-refractivity contribution < 1.29 is 0 Å². The van der Waals surface area contributed by atoms with E-state index < -0.39 is 0 Å². The first-order valence-electron chi connectivity index (χ1n) is 9.24. The molecule has 1 heterocycles. The van der Waals surface area contributed by atoms with E-state index in [2.05, 4.69) is 104 Å². The summed E-state index contributed by atoms with van der Waals surface area (Å²) in [6.07, 6.45) is 0. The average molecular weight is 345 g/mol. The van der Waals surface area contributed by atoms with Crippen molar-refractivity contribution in [3.63, 3.8) is 0 Å². The van der Waals surface area contributed by atoms with Gasteiger partial charge in [-0.25, -0.2) is 4.98 Å². The Morgan fingerprint density at radius 3 is 2.15 bits per heavy atom. The fourth-order valence-electron chi connectivity index (χ4n) is 3.74. The van der Waals surface area contributed by atoms with Gasteiger partial charge in [0, 0.05) is 16.5 Å². The van der Waals surface area contributed by atoms with E-state index in [4.69, 9.17) is 4.98 Å².